The van der Waals surface area contributed by atoms with Gasteiger partial charge in [0.05, 0.1) is 25.4 Å². The fourth-order valence-electron chi connectivity index (χ4n) is 2.72. The molecule has 22 heavy (non-hydrogen) atoms. The first-order valence-corrected chi connectivity index (χ1v) is 7.72. The second-order valence-electron chi connectivity index (χ2n) is 5.61. The molecule has 3 atom stereocenters. The van der Waals surface area contributed by atoms with Crippen LogP contribution in [0.1, 0.15) is 31.7 Å². The van der Waals surface area contributed by atoms with Crippen molar-refractivity contribution in [1.29, 1.82) is 0 Å². The zero-order valence-electron chi connectivity index (χ0n) is 13.1. The monoisotopic (exact) mass is 304 g/mol. The van der Waals surface area contributed by atoms with Gasteiger partial charge in [0.15, 0.2) is 0 Å². The van der Waals surface area contributed by atoms with Crippen molar-refractivity contribution in [2.45, 2.75) is 51.1 Å². The maximum absolute atomic E-state index is 11.2. The van der Waals surface area contributed by atoms with E-state index in [1.54, 1.807) is 0 Å². The summed E-state index contributed by atoms with van der Waals surface area (Å²) in [5.41, 5.74) is 1.14. The van der Waals surface area contributed by atoms with Gasteiger partial charge in [-0.15, -0.1) is 6.58 Å². The van der Waals surface area contributed by atoms with Crippen LogP contribution in [0.2, 0.25) is 0 Å². The molecule has 1 fully saturated rings. The molecule has 0 amide bonds. The summed E-state index contributed by atoms with van der Waals surface area (Å²) in [6, 6.07) is 10.0. The summed E-state index contributed by atoms with van der Waals surface area (Å²) in [6.45, 7) is 6.25. The number of rotatable bonds is 7. The number of benzene rings is 1. The molecule has 2 rings (SSSR count). The second kappa shape index (κ2) is 8.71. The summed E-state index contributed by atoms with van der Waals surface area (Å²) in [5.74, 6) is -0.242. The van der Waals surface area contributed by atoms with E-state index in [-0.39, 0.29) is 24.3 Å². The molecule has 0 spiro atoms. The molecule has 0 aromatic heterocycles. The summed E-state index contributed by atoms with van der Waals surface area (Å²) in [4.78, 5) is 11.2. The van der Waals surface area contributed by atoms with Gasteiger partial charge in [0.2, 0.25) is 0 Å². The number of ether oxygens (including phenoxy) is 3. The van der Waals surface area contributed by atoms with Crippen molar-refractivity contribution >= 4 is 5.97 Å². The van der Waals surface area contributed by atoms with Gasteiger partial charge in [-0.2, -0.15) is 0 Å². The molecule has 1 aromatic rings. The standard InChI is InChI=1S/C18H24O4/c1-3-7-16-10-17(21-14(2)19)11-18(22-16)13-20-12-15-8-5-4-6-9-15/h3-6,8-9,16-18H,1,7,10-13H2,2H3/t16-,17-,18+/m0/s1. The molecule has 4 nitrogen and oxygen atoms in total. The Kier molecular flexibility index (Phi) is 6.62. The molecule has 1 aromatic carbocycles. The van der Waals surface area contributed by atoms with Crippen LogP contribution in [0.5, 0.6) is 0 Å². The largest absolute Gasteiger partial charge is 0.462 e. The third-order valence-corrected chi connectivity index (χ3v) is 3.61. The van der Waals surface area contributed by atoms with Gasteiger partial charge in [0.25, 0.3) is 0 Å². The SMILES string of the molecule is C=CC[C@H]1C[C@H](OC(C)=O)C[C@H](COCc2ccccc2)O1. The van der Waals surface area contributed by atoms with Crippen LogP contribution in [0, 0.1) is 0 Å². The number of hydrogen-bond donors (Lipinski definition) is 0. The molecule has 1 aliphatic heterocycles. The van der Waals surface area contributed by atoms with Crippen LogP contribution in [0.3, 0.4) is 0 Å². The molecule has 0 saturated carbocycles. The number of carbonyl (C=O) groups excluding carboxylic acids is 1. The fourth-order valence-corrected chi connectivity index (χ4v) is 2.72. The highest BCUT2D eigenvalue weighted by Gasteiger charge is 2.30. The van der Waals surface area contributed by atoms with E-state index in [2.05, 4.69) is 6.58 Å². The van der Waals surface area contributed by atoms with E-state index in [0.29, 0.717) is 19.6 Å². The van der Waals surface area contributed by atoms with Gasteiger partial charge in [0.1, 0.15) is 6.10 Å². The van der Waals surface area contributed by atoms with Crippen molar-refractivity contribution < 1.29 is 19.0 Å². The summed E-state index contributed by atoms with van der Waals surface area (Å²) in [6.07, 6.45) is 3.90. The molecule has 1 heterocycles. The van der Waals surface area contributed by atoms with Gasteiger partial charge < -0.3 is 14.2 Å². The first kappa shape index (κ1) is 16.7. The topological polar surface area (TPSA) is 44.8 Å². The van der Waals surface area contributed by atoms with Gasteiger partial charge in [0, 0.05) is 19.8 Å². The van der Waals surface area contributed by atoms with E-state index in [1.807, 2.05) is 36.4 Å². The molecular formula is C18H24O4. The molecule has 4 heteroatoms. The lowest BCUT2D eigenvalue weighted by molar-refractivity contribution is -0.163. The summed E-state index contributed by atoms with van der Waals surface area (Å²) >= 11 is 0. The molecule has 0 bridgehead atoms. The molecule has 1 saturated heterocycles. The van der Waals surface area contributed by atoms with Gasteiger partial charge in [-0.05, 0) is 12.0 Å². The Labute approximate surface area is 132 Å². The Bertz CT molecular complexity index is 471. The minimum Gasteiger partial charge on any atom is -0.462 e. The Hall–Kier alpha value is -1.65. The summed E-state index contributed by atoms with van der Waals surface area (Å²) in [7, 11) is 0. The Morgan fingerprint density at radius 3 is 2.73 bits per heavy atom. The lowest BCUT2D eigenvalue weighted by atomic mass is 9.99. The van der Waals surface area contributed by atoms with Crippen LogP contribution in [0.25, 0.3) is 0 Å². The van der Waals surface area contributed by atoms with Gasteiger partial charge >= 0.3 is 5.97 Å². The van der Waals surface area contributed by atoms with Crippen molar-refractivity contribution in [2.24, 2.45) is 0 Å². The number of carbonyl (C=O) groups is 1. The van der Waals surface area contributed by atoms with Gasteiger partial charge in [-0.25, -0.2) is 0 Å². The third-order valence-electron chi connectivity index (χ3n) is 3.61. The fraction of sp³-hybridized carbons (Fsp3) is 0.500. The molecule has 0 unspecified atom stereocenters. The molecule has 0 radical (unpaired) electrons. The van der Waals surface area contributed by atoms with Gasteiger partial charge in [-0.3, -0.25) is 4.79 Å². The minimum absolute atomic E-state index is 0.0425. The maximum atomic E-state index is 11.2. The smallest absolute Gasteiger partial charge is 0.302 e. The summed E-state index contributed by atoms with van der Waals surface area (Å²) < 4.78 is 17.1. The van der Waals surface area contributed by atoms with E-state index in [0.717, 1.165) is 18.4 Å². The van der Waals surface area contributed by atoms with E-state index in [9.17, 15) is 4.79 Å². The Balaban J connectivity index is 1.82. The quantitative estimate of drug-likeness (QED) is 0.573. The number of hydrogen-bond acceptors (Lipinski definition) is 4. The lowest BCUT2D eigenvalue weighted by Gasteiger charge is -2.34. The maximum Gasteiger partial charge on any atom is 0.302 e. The van der Waals surface area contributed by atoms with Crippen molar-refractivity contribution in [1.82, 2.24) is 0 Å². The predicted molar refractivity (Wildman–Crippen MR) is 84.4 cm³/mol. The zero-order valence-corrected chi connectivity index (χ0v) is 13.1. The highest BCUT2D eigenvalue weighted by Crippen LogP contribution is 2.25. The average Bonchev–Trinajstić information content (AvgIpc) is 2.48. The van der Waals surface area contributed by atoms with Crippen LogP contribution in [-0.4, -0.2) is 30.9 Å². The van der Waals surface area contributed by atoms with E-state index < -0.39 is 0 Å². The number of esters is 1. The summed E-state index contributed by atoms with van der Waals surface area (Å²) in [5, 5.41) is 0. The second-order valence-corrected chi connectivity index (χ2v) is 5.61. The minimum atomic E-state index is -0.242. The molecule has 120 valence electrons. The molecule has 0 aliphatic carbocycles. The van der Waals surface area contributed by atoms with Crippen LogP contribution in [0.15, 0.2) is 43.0 Å². The van der Waals surface area contributed by atoms with E-state index >= 15 is 0 Å². The predicted octanol–water partition coefficient (Wildman–Crippen LogP) is 3.26. The lowest BCUT2D eigenvalue weighted by Crippen LogP contribution is -2.39. The first-order valence-electron chi connectivity index (χ1n) is 7.72. The Morgan fingerprint density at radius 1 is 1.32 bits per heavy atom. The van der Waals surface area contributed by atoms with Crippen molar-refractivity contribution in [3.63, 3.8) is 0 Å². The van der Waals surface area contributed by atoms with Gasteiger partial charge in [-0.1, -0.05) is 36.4 Å². The van der Waals surface area contributed by atoms with E-state index in [4.69, 9.17) is 14.2 Å². The van der Waals surface area contributed by atoms with Crippen LogP contribution in [0.4, 0.5) is 0 Å². The van der Waals surface area contributed by atoms with Crippen molar-refractivity contribution in [3.8, 4) is 0 Å². The van der Waals surface area contributed by atoms with Crippen molar-refractivity contribution in [3.05, 3.63) is 48.6 Å². The van der Waals surface area contributed by atoms with E-state index in [1.165, 1.54) is 6.92 Å². The third kappa shape index (κ3) is 5.62. The molecule has 0 N–H and O–H groups in total. The normalized spacial score (nSPS) is 24.7. The average molecular weight is 304 g/mol. The van der Waals surface area contributed by atoms with Crippen LogP contribution >= 0.6 is 0 Å². The van der Waals surface area contributed by atoms with Crippen LogP contribution < -0.4 is 0 Å². The highest BCUT2D eigenvalue weighted by atomic mass is 16.6. The molecular weight excluding hydrogens is 280 g/mol. The highest BCUT2D eigenvalue weighted by molar-refractivity contribution is 5.66. The molecule has 1 aliphatic rings. The Morgan fingerprint density at radius 2 is 2.05 bits per heavy atom. The van der Waals surface area contributed by atoms with Crippen molar-refractivity contribution in [2.75, 3.05) is 6.61 Å². The first-order chi connectivity index (χ1) is 10.7. The van der Waals surface area contributed by atoms with Crippen LogP contribution in [-0.2, 0) is 25.6 Å². The zero-order chi connectivity index (χ0) is 15.8.